The van der Waals surface area contributed by atoms with Gasteiger partial charge >= 0.3 is 0 Å². The lowest BCUT2D eigenvalue weighted by Crippen LogP contribution is -2.48. The molecule has 3 nitrogen and oxygen atoms in total. The van der Waals surface area contributed by atoms with Crippen molar-refractivity contribution in [2.24, 2.45) is 11.7 Å². The first-order valence-corrected chi connectivity index (χ1v) is 3.89. The van der Waals surface area contributed by atoms with Crippen molar-refractivity contribution in [1.82, 2.24) is 4.90 Å². The standard InChI is InChI=1S/C7H14N2O/c8-4-7(10)5-9-2-1-6(7)3-9/h6,10H,1-5,8H2/t6-,7-/m0/s1. The van der Waals surface area contributed by atoms with Gasteiger partial charge in [0.15, 0.2) is 0 Å². The van der Waals surface area contributed by atoms with Crippen molar-refractivity contribution in [3.05, 3.63) is 0 Å². The van der Waals surface area contributed by atoms with Crippen molar-refractivity contribution in [2.45, 2.75) is 12.0 Å². The second kappa shape index (κ2) is 1.94. The molecule has 0 aromatic carbocycles. The summed E-state index contributed by atoms with van der Waals surface area (Å²) >= 11 is 0. The Kier molecular flexibility index (Phi) is 1.27. The number of nitrogens with zero attached hydrogens (tertiary/aromatic N) is 1. The maximum Gasteiger partial charge on any atom is 0.0936 e. The predicted molar refractivity (Wildman–Crippen MR) is 38.6 cm³/mol. The summed E-state index contributed by atoms with van der Waals surface area (Å²) in [6, 6.07) is 0. The highest BCUT2D eigenvalue weighted by Gasteiger charge is 2.47. The van der Waals surface area contributed by atoms with E-state index in [-0.39, 0.29) is 0 Å². The van der Waals surface area contributed by atoms with Gasteiger partial charge in [-0.25, -0.2) is 0 Å². The van der Waals surface area contributed by atoms with Gasteiger partial charge in [0.2, 0.25) is 0 Å². The molecule has 2 fully saturated rings. The summed E-state index contributed by atoms with van der Waals surface area (Å²) in [7, 11) is 0. The molecular formula is C7H14N2O. The van der Waals surface area contributed by atoms with Gasteiger partial charge in [0.25, 0.3) is 0 Å². The van der Waals surface area contributed by atoms with E-state index in [4.69, 9.17) is 5.73 Å². The Balaban J connectivity index is 2.14. The lowest BCUT2D eigenvalue weighted by atomic mass is 9.88. The minimum absolute atomic E-state index is 0.425. The lowest BCUT2D eigenvalue weighted by molar-refractivity contribution is 0.00354. The average molecular weight is 142 g/mol. The van der Waals surface area contributed by atoms with Gasteiger partial charge in [-0.2, -0.15) is 0 Å². The summed E-state index contributed by atoms with van der Waals surface area (Å²) in [6.45, 7) is 3.45. The second-order valence-corrected chi connectivity index (χ2v) is 3.53. The van der Waals surface area contributed by atoms with E-state index in [9.17, 15) is 5.11 Å². The molecule has 0 aliphatic carbocycles. The Labute approximate surface area is 60.8 Å². The molecule has 2 aliphatic rings. The zero-order valence-electron chi connectivity index (χ0n) is 6.08. The quantitative estimate of drug-likeness (QED) is 0.494. The molecule has 0 unspecified atom stereocenters. The first kappa shape index (κ1) is 6.58. The number of aliphatic hydroxyl groups is 1. The van der Waals surface area contributed by atoms with E-state index >= 15 is 0 Å². The van der Waals surface area contributed by atoms with Crippen LogP contribution in [0.4, 0.5) is 0 Å². The smallest absolute Gasteiger partial charge is 0.0936 e. The summed E-state index contributed by atoms with van der Waals surface area (Å²) in [4.78, 5) is 2.29. The molecule has 2 heterocycles. The van der Waals surface area contributed by atoms with Gasteiger partial charge in [-0.3, -0.25) is 0 Å². The van der Waals surface area contributed by atoms with Crippen molar-refractivity contribution in [2.75, 3.05) is 26.2 Å². The molecule has 3 atom stereocenters. The molecule has 2 rings (SSSR count). The normalized spacial score (nSPS) is 52.2. The van der Waals surface area contributed by atoms with Crippen LogP contribution in [0, 0.1) is 5.92 Å². The Morgan fingerprint density at radius 3 is 2.80 bits per heavy atom. The van der Waals surface area contributed by atoms with Crippen LogP contribution in [0.5, 0.6) is 0 Å². The highest BCUT2D eigenvalue weighted by molar-refractivity contribution is 5.02. The van der Waals surface area contributed by atoms with E-state index in [0.29, 0.717) is 12.5 Å². The topological polar surface area (TPSA) is 49.5 Å². The van der Waals surface area contributed by atoms with Gasteiger partial charge in [-0.05, 0) is 13.0 Å². The molecule has 3 heteroatoms. The lowest BCUT2D eigenvalue weighted by Gasteiger charge is -2.30. The molecule has 3 N–H and O–H groups in total. The van der Waals surface area contributed by atoms with Crippen LogP contribution in [0.3, 0.4) is 0 Å². The van der Waals surface area contributed by atoms with E-state index in [1.165, 1.54) is 0 Å². The van der Waals surface area contributed by atoms with E-state index < -0.39 is 5.60 Å². The van der Waals surface area contributed by atoms with Crippen molar-refractivity contribution < 1.29 is 5.11 Å². The maximum absolute atomic E-state index is 9.82. The molecule has 2 aliphatic heterocycles. The van der Waals surface area contributed by atoms with Crippen LogP contribution in [0.25, 0.3) is 0 Å². The highest BCUT2D eigenvalue weighted by Crippen LogP contribution is 2.35. The highest BCUT2D eigenvalue weighted by atomic mass is 16.3. The van der Waals surface area contributed by atoms with Crippen LogP contribution < -0.4 is 5.73 Å². The summed E-state index contributed by atoms with van der Waals surface area (Å²) in [5.41, 5.74) is 4.93. The molecule has 0 saturated carbocycles. The third-order valence-corrected chi connectivity index (χ3v) is 2.88. The summed E-state index contributed by atoms with van der Waals surface area (Å²) in [5, 5.41) is 9.82. The minimum atomic E-state index is -0.543. The van der Waals surface area contributed by atoms with Gasteiger partial charge in [0.05, 0.1) is 5.60 Å². The van der Waals surface area contributed by atoms with Gasteiger partial charge in [-0.1, -0.05) is 0 Å². The second-order valence-electron chi connectivity index (χ2n) is 3.53. The molecule has 0 amide bonds. The van der Waals surface area contributed by atoms with Crippen LogP contribution in [-0.2, 0) is 0 Å². The van der Waals surface area contributed by atoms with E-state index in [0.717, 1.165) is 26.1 Å². The molecule has 0 aromatic rings. The fraction of sp³-hybridized carbons (Fsp3) is 1.00. The number of rotatable bonds is 1. The Morgan fingerprint density at radius 1 is 1.70 bits per heavy atom. The minimum Gasteiger partial charge on any atom is -0.387 e. The molecule has 0 spiro atoms. The van der Waals surface area contributed by atoms with E-state index in [1.807, 2.05) is 0 Å². The van der Waals surface area contributed by atoms with Gasteiger partial charge in [-0.15, -0.1) is 0 Å². The fourth-order valence-corrected chi connectivity index (χ4v) is 2.16. The maximum atomic E-state index is 9.82. The SMILES string of the molecule is NC[C@]1(O)C[N@]2CC[C@H]1C2. The number of hydrogen-bond donors (Lipinski definition) is 2. The van der Waals surface area contributed by atoms with Gasteiger partial charge in [0, 0.05) is 25.6 Å². The predicted octanol–water partition coefficient (Wildman–Crippen LogP) is -0.988. The van der Waals surface area contributed by atoms with Crippen LogP contribution in [0.1, 0.15) is 6.42 Å². The molecular weight excluding hydrogens is 128 g/mol. The molecule has 10 heavy (non-hydrogen) atoms. The Morgan fingerprint density at radius 2 is 2.50 bits per heavy atom. The van der Waals surface area contributed by atoms with E-state index in [2.05, 4.69) is 4.90 Å². The van der Waals surface area contributed by atoms with Crippen molar-refractivity contribution >= 4 is 0 Å². The average Bonchev–Trinajstić information content (AvgIpc) is 2.46. The molecule has 2 bridgehead atoms. The van der Waals surface area contributed by atoms with Gasteiger partial charge < -0.3 is 15.7 Å². The molecule has 58 valence electrons. The van der Waals surface area contributed by atoms with Crippen LogP contribution >= 0.6 is 0 Å². The number of hydrogen-bond acceptors (Lipinski definition) is 3. The molecule has 0 radical (unpaired) electrons. The first-order chi connectivity index (χ1) is 4.74. The Hall–Kier alpha value is -0.120. The van der Waals surface area contributed by atoms with E-state index in [1.54, 1.807) is 0 Å². The Bertz CT molecular complexity index is 151. The number of nitrogens with two attached hydrogens (primary N) is 1. The molecule has 0 aromatic heterocycles. The monoisotopic (exact) mass is 142 g/mol. The third kappa shape index (κ3) is 0.713. The summed E-state index contributed by atoms with van der Waals surface area (Å²) in [5.74, 6) is 0.456. The first-order valence-electron chi connectivity index (χ1n) is 3.89. The zero-order valence-corrected chi connectivity index (χ0v) is 6.08. The molecule has 2 saturated heterocycles. The summed E-state index contributed by atoms with van der Waals surface area (Å²) < 4.78 is 0. The summed E-state index contributed by atoms with van der Waals surface area (Å²) in [6.07, 6.45) is 1.13. The largest absolute Gasteiger partial charge is 0.387 e. The van der Waals surface area contributed by atoms with Crippen LogP contribution in [-0.4, -0.2) is 41.8 Å². The van der Waals surface area contributed by atoms with Gasteiger partial charge in [0.1, 0.15) is 0 Å². The van der Waals surface area contributed by atoms with Crippen LogP contribution in [0.15, 0.2) is 0 Å². The van der Waals surface area contributed by atoms with Crippen LogP contribution in [0.2, 0.25) is 0 Å². The van der Waals surface area contributed by atoms with Crippen molar-refractivity contribution in [3.8, 4) is 0 Å². The number of fused-ring (bicyclic) bond motifs is 2. The fourth-order valence-electron chi connectivity index (χ4n) is 2.16. The third-order valence-electron chi connectivity index (χ3n) is 2.88. The zero-order chi connectivity index (χ0) is 7.19. The van der Waals surface area contributed by atoms with Crippen molar-refractivity contribution in [1.29, 1.82) is 0 Å². The van der Waals surface area contributed by atoms with Crippen molar-refractivity contribution in [3.63, 3.8) is 0 Å². The number of piperidine rings is 1.